The van der Waals surface area contributed by atoms with Gasteiger partial charge >= 0.3 is 0 Å². The maximum Gasteiger partial charge on any atom is 0.241 e. The van der Waals surface area contributed by atoms with Crippen LogP contribution in [-0.2, 0) is 28.9 Å². The quantitative estimate of drug-likeness (QED) is 0.720. The summed E-state index contributed by atoms with van der Waals surface area (Å²) in [5.41, 5.74) is 6.44. The van der Waals surface area contributed by atoms with Crippen LogP contribution in [0.3, 0.4) is 0 Å². The Bertz CT molecular complexity index is 1040. The van der Waals surface area contributed by atoms with E-state index in [1.54, 1.807) is 0 Å². The molecule has 34 heavy (non-hydrogen) atoms. The van der Waals surface area contributed by atoms with Crippen molar-refractivity contribution >= 4 is 17.5 Å². The number of anilines is 1. The van der Waals surface area contributed by atoms with Gasteiger partial charge in [-0.2, -0.15) is 0 Å². The Morgan fingerprint density at radius 2 is 1.53 bits per heavy atom. The average molecular weight is 461 g/mol. The third kappa shape index (κ3) is 5.18. The van der Waals surface area contributed by atoms with E-state index in [2.05, 4.69) is 46.3 Å². The monoisotopic (exact) mass is 460 g/mol. The van der Waals surface area contributed by atoms with Gasteiger partial charge in [-0.25, -0.2) is 0 Å². The zero-order valence-corrected chi connectivity index (χ0v) is 20.3. The number of carbonyl (C=O) groups excluding carboxylic acids is 2. The van der Waals surface area contributed by atoms with Gasteiger partial charge in [0.2, 0.25) is 11.8 Å². The zero-order chi connectivity index (χ0) is 23.5. The maximum atomic E-state index is 12.9. The summed E-state index contributed by atoms with van der Waals surface area (Å²) in [5.74, 6) is 0.249. The first-order valence-corrected chi connectivity index (χ1v) is 12.8. The third-order valence-electron chi connectivity index (χ3n) is 7.63. The summed E-state index contributed by atoms with van der Waals surface area (Å²) >= 11 is 0. The fraction of sp³-hybridized carbons (Fsp3) is 0.500. The molecule has 180 valence electrons. The van der Waals surface area contributed by atoms with Gasteiger partial charge in [-0.3, -0.25) is 19.4 Å². The number of carbonyl (C=O) groups is 2. The molecule has 1 atom stereocenters. The van der Waals surface area contributed by atoms with Crippen LogP contribution >= 0.6 is 0 Å². The lowest BCUT2D eigenvalue weighted by Crippen LogP contribution is -2.52. The van der Waals surface area contributed by atoms with Gasteiger partial charge in [0.1, 0.15) is 0 Å². The zero-order valence-electron chi connectivity index (χ0n) is 20.3. The third-order valence-corrected chi connectivity index (χ3v) is 7.63. The lowest BCUT2D eigenvalue weighted by molar-refractivity contribution is -0.124. The highest BCUT2D eigenvalue weighted by Crippen LogP contribution is 2.28. The summed E-state index contributed by atoms with van der Waals surface area (Å²) in [6.07, 6.45) is 5.82. The number of rotatable bonds is 6. The molecular weight excluding hydrogens is 424 g/mol. The minimum atomic E-state index is 0.0157. The number of aryl methyl sites for hydroxylation is 2. The predicted molar refractivity (Wildman–Crippen MR) is 135 cm³/mol. The first kappa shape index (κ1) is 23.1. The van der Waals surface area contributed by atoms with Gasteiger partial charge in [0.25, 0.3) is 0 Å². The maximum absolute atomic E-state index is 12.9. The van der Waals surface area contributed by atoms with E-state index in [-0.39, 0.29) is 17.9 Å². The van der Waals surface area contributed by atoms with E-state index in [9.17, 15) is 9.59 Å². The number of nitrogens with zero attached hydrogens (tertiary/aromatic N) is 3. The second-order valence-corrected chi connectivity index (χ2v) is 10.0. The van der Waals surface area contributed by atoms with Crippen LogP contribution in [0.15, 0.2) is 42.5 Å². The molecule has 1 fully saturated rings. The van der Waals surface area contributed by atoms with Crippen LogP contribution in [0, 0.1) is 0 Å². The second-order valence-electron chi connectivity index (χ2n) is 10.0. The lowest BCUT2D eigenvalue weighted by atomic mass is 9.89. The number of fused-ring (bicyclic) bond motifs is 2. The molecule has 0 spiro atoms. The molecule has 2 aliphatic heterocycles. The summed E-state index contributed by atoms with van der Waals surface area (Å²) in [7, 11) is 0. The van der Waals surface area contributed by atoms with Gasteiger partial charge in [-0.1, -0.05) is 36.4 Å². The molecule has 0 bridgehead atoms. The van der Waals surface area contributed by atoms with E-state index in [0.717, 1.165) is 51.3 Å². The van der Waals surface area contributed by atoms with Crippen molar-refractivity contribution < 1.29 is 9.59 Å². The normalized spacial score (nSPS) is 19.4. The molecule has 3 aliphatic rings. The number of para-hydroxylation sites is 1. The van der Waals surface area contributed by atoms with Crippen LogP contribution in [0.5, 0.6) is 0 Å². The topological polar surface area (TPSA) is 55.9 Å². The molecular formula is C28H36N4O2. The number of benzene rings is 2. The molecule has 1 saturated heterocycles. The summed E-state index contributed by atoms with van der Waals surface area (Å²) in [6.45, 7) is 6.96. The molecule has 2 heterocycles. The Balaban J connectivity index is 1.06. The van der Waals surface area contributed by atoms with Crippen LogP contribution in [0.25, 0.3) is 0 Å². The molecule has 1 N–H and O–H groups in total. The number of piperazine rings is 1. The van der Waals surface area contributed by atoms with Crippen LogP contribution in [-0.4, -0.2) is 67.4 Å². The van der Waals surface area contributed by atoms with E-state index in [0.29, 0.717) is 13.1 Å². The Hall–Kier alpha value is -2.70. The molecule has 2 amide bonds. The van der Waals surface area contributed by atoms with Crippen LogP contribution in [0.2, 0.25) is 0 Å². The highest BCUT2D eigenvalue weighted by Gasteiger charge is 2.27. The lowest BCUT2D eigenvalue weighted by Gasteiger charge is -2.34. The van der Waals surface area contributed by atoms with Crippen LogP contribution in [0.1, 0.15) is 48.1 Å². The number of hydrogen-bond acceptors (Lipinski definition) is 4. The molecule has 5 rings (SSSR count). The molecule has 1 unspecified atom stereocenters. The molecule has 0 radical (unpaired) electrons. The van der Waals surface area contributed by atoms with E-state index in [1.807, 2.05) is 23.1 Å². The molecule has 1 aliphatic carbocycles. The number of hydrogen-bond donors (Lipinski definition) is 1. The average Bonchev–Trinajstić information content (AvgIpc) is 3.29. The number of nitrogens with one attached hydrogen (secondary N) is 1. The van der Waals surface area contributed by atoms with Crippen LogP contribution in [0.4, 0.5) is 5.69 Å². The van der Waals surface area contributed by atoms with Crippen molar-refractivity contribution in [2.45, 2.75) is 45.1 Å². The standard InChI is InChI=1S/C28H36N4O2/c1-21(24-11-10-22-6-2-3-8-25(22)18-24)29-27(33)19-30-14-16-31(17-15-30)20-28(34)32-13-12-23-7-4-5-9-26(23)32/h4-5,7,9-11,18,21H,2-3,6,8,12-17,19-20H2,1H3,(H,29,33). The van der Waals surface area contributed by atoms with Gasteiger partial charge in [0, 0.05) is 38.4 Å². The van der Waals surface area contributed by atoms with Crippen molar-refractivity contribution in [1.29, 1.82) is 0 Å². The van der Waals surface area contributed by atoms with Crippen molar-refractivity contribution in [1.82, 2.24) is 15.1 Å². The highest BCUT2D eigenvalue weighted by molar-refractivity contribution is 5.96. The van der Waals surface area contributed by atoms with E-state index in [1.165, 1.54) is 41.5 Å². The molecule has 0 aromatic heterocycles. The summed E-state index contributed by atoms with van der Waals surface area (Å²) in [5, 5.41) is 3.19. The van der Waals surface area contributed by atoms with E-state index >= 15 is 0 Å². The van der Waals surface area contributed by atoms with Gasteiger partial charge in [-0.15, -0.1) is 0 Å². The molecule has 6 nitrogen and oxygen atoms in total. The van der Waals surface area contributed by atoms with Gasteiger partial charge in [0.15, 0.2) is 0 Å². The van der Waals surface area contributed by atoms with Gasteiger partial charge < -0.3 is 10.2 Å². The Kier molecular flexibility index (Phi) is 6.97. The minimum Gasteiger partial charge on any atom is -0.348 e. The van der Waals surface area contributed by atoms with E-state index < -0.39 is 0 Å². The first-order chi connectivity index (χ1) is 16.6. The fourth-order valence-corrected chi connectivity index (χ4v) is 5.58. The van der Waals surface area contributed by atoms with Gasteiger partial charge in [-0.05, 0) is 67.3 Å². The predicted octanol–water partition coefficient (Wildman–Crippen LogP) is 2.95. The van der Waals surface area contributed by atoms with Gasteiger partial charge in [0.05, 0.1) is 19.1 Å². The van der Waals surface area contributed by atoms with Crippen molar-refractivity contribution in [3.8, 4) is 0 Å². The highest BCUT2D eigenvalue weighted by atomic mass is 16.2. The molecule has 2 aromatic rings. The smallest absolute Gasteiger partial charge is 0.241 e. The van der Waals surface area contributed by atoms with Crippen molar-refractivity contribution in [2.75, 3.05) is 50.7 Å². The Labute approximate surface area is 202 Å². The molecule has 0 saturated carbocycles. The largest absolute Gasteiger partial charge is 0.348 e. The second kappa shape index (κ2) is 10.3. The number of amides is 2. The van der Waals surface area contributed by atoms with Crippen molar-refractivity contribution in [3.63, 3.8) is 0 Å². The Morgan fingerprint density at radius 3 is 2.32 bits per heavy atom. The first-order valence-electron chi connectivity index (χ1n) is 12.8. The van der Waals surface area contributed by atoms with Crippen LogP contribution < -0.4 is 10.2 Å². The molecule has 2 aromatic carbocycles. The fourth-order valence-electron chi connectivity index (χ4n) is 5.58. The minimum absolute atomic E-state index is 0.0157. The Morgan fingerprint density at radius 1 is 0.824 bits per heavy atom. The summed E-state index contributed by atoms with van der Waals surface area (Å²) in [4.78, 5) is 31.9. The molecule has 6 heteroatoms. The summed E-state index contributed by atoms with van der Waals surface area (Å²) in [6, 6.07) is 14.9. The van der Waals surface area contributed by atoms with E-state index in [4.69, 9.17) is 0 Å². The SMILES string of the molecule is CC(NC(=O)CN1CCN(CC(=O)N2CCc3ccccc32)CC1)c1ccc2c(c1)CCCC2. The van der Waals surface area contributed by atoms with Crippen molar-refractivity contribution in [2.24, 2.45) is 0 Å². The summed E-state index contributed by atoms with van der Waals surface area (Å²) < 4.78 is 0. The van der Waals surface area contributed by atoms with Crippen molar-refractivity contribution in [3.05, 3.63) is 64.7 Å².